The molecule has 2 N–H and O–H groups in total. The Bertz CT molecular complexity index is 919. The summed E-state index contributed by atoms with van der Waals surface area (Å²) in [6.07, 6.45) is 2.59. The average Bonchev–Trinajstić information content (AvgIpc) is 2.55. The van der Waals surface area contributed by atoms with Gasteiger partial charge in [0.05, 0.1) is 12.4 Å². The zero-order valence-corrected chi connectivity index (χ0v) is 13.2. The van der Waals surface area contributed by atoms with Crippen molar-refractivity contribution in [3.63, 3.8) is 0 Å². The minimum absolute atomic E-state index is 0.177. The van der Waals surface area contributed by atoms with Gasteiger partial charge in [0.25, 0.3) is 0 Å². The number of aromatic nitrogens is 3. The van der Waals surface area contributed by atoms with Gasteiger partial charge in [0, 0.05) is 5.39 Å². The lowest BCUT2D eigenvalue weighted by molar-refractivity contribution is 0.262. The number of hydrogen-bond acceptors (Lipinski definition) is 5. The topological polar surface area (TPSA) is 104 Å². The van der Waals surface area contributed by atoms with E-state index in [1.54, 1.807) is 6.07 Å². The highest BCUT2D eigenvalue weighted by atomic mass is 79.9. The summed E-state index contributed by atoms with van der Waals surface area (Å²) < 4.78 is 0.643. The first-order chi connectivity index (χ1) is 11.2. The second-order valence-corrected chi connectivity index (χ2v) is 5.25. The number of halogens is 1. The lowest BCUT2D eigenvalue weighted by Gasteiger charge is -2.08. The molecule has 0 unspecified atom stereocenters. The van der Waals surface area contributed by atoms with Gasteiger partial charge in [-0.2, -0.15) is 5.26 Å². The van der Waals surface area contributed by atoms with Crippen LogP contribution in [-0.4, -0.2) is 21.0 Å². The lowest BCUT2D eigenvalue weighted by Crippen LogP contribution is -2.21. The van der Waals surface area contributed by atoms with Gasteiger partial charge in [0.2, 0.25) is 0 Å². The summed E-state index contributed by atoms with van der Waals surface area (Å²) in [6.45, 7) is 0. The fourth-order valence-corrected chi connectivity index (χ4v) is 2.49. The number of hydrogen-bond donors (Lipinski definition) is 2. The van der Waals surface area contributed by atoms with Crippen LogP contribution in [0.2, 0.25) is 0 Å². The number of nitrogens with zero attached hydrogens (tertiary/aromatic N) is 4. The van der Waals surface area contributed by atoms with E-state index in [4.69, 9.17) is 5.26 Å². The number of nitrogens with one attached hydrogen (secondary N) is 2. The van der Waals surface area contributed by atoms with Gasteiger partial charge in [0.15, 0.2) is 11.5 Å². The van der Waals surface area contributed by atoms with Gasteiger partial charge in [-0.15, -0.1) is 0 Å². The second kappa shape index (κ2) is 6.37. The van der Waals surface area contributed by atoms with Crippen molar-refractivity contribution >= 4 is 44.4 Å². The Balaban J connectivity index is 1.76. The number of benzene rings is 1. The van der Waals surface area contributed by atoms with E-state index < -0.39 is 6.03 Å². The van der Waals surface area contributed by atoms with Crippen molar-refractivity contribution in [3.8, 4) is 6.07 Å². The maximum Gasteiger partial charge on any atom is 0.326 e. The van der Waals surface area contributed by atoms with Gasteiger partial charge >= 0.3 is 6.03 Å². The van der Waals surface area contributed by atoms with Crippen LogP contribution in [0.25, 0.3) is 10.8 Å². The Morgan fingerprint density at radius 3 is 2.65 bits per heavy atom. The van der Waals surface area contributed by atoms with Gasteiger partial charge < -0.3 is 0 Å². The minimum Gasteiger partial charge on any atom is -0.292 e. The molecule has 2 aromatic heterocycles. The first kappa shape index (κ1) is 14.9. The molecule has 0 atom stereocenters. The number of rotatable bonds is 2. The van der Waals surface area contributed by atoms with Crippen LogP contribution in [0.5, 0.6) is 0 Å². The monoisotopic (exact) mass is 368 g/mol. The molecule has 0 aliphatic carbocycles. The highest BCUT2D eigenvalue weighted by Gasteiger charge is 2.08. The SMILES string of the molecule is N#Cc1cnc(NC(=O)Nc2cc3ccccc3c(Br)n2)cn1. The fourth-order valence-electron chi connectivity index (χ4n) is 1.93. The van der Waals surface area contributed by atoms with Gasteiger partial charge in [-0.3, -0.25) is 10.6 Å². The smallest absolute Gasteiger partial charge is 0.292 e. The molecule has 0 bridgehead atoms. The largest absolute Gasteiger partial charge is 0.326 e. The Hall–Kier alpha value is -3.05. The molecular formula is C15H9BrN6O. The van der Waals surface area contributed by atoms with Crippen molar-refractivity contribution in [1.82, 2.24) is 15.0 Å². The summed E-state index contributed by atoms with van der Waals surface area (Å²) in [5.41, 5.74) is 0.177. The fraction of sp³-hybridized carbons (Fsp3) is 0. The number of carbonyl (C=O) groups is 1. The van der Waals surface area contributed by atoms with E-state index in [0.717, 1.165) is 10.8 Å². The molecule has 2 amide bonds. The molecule has 0 aliphatic heterocycles. The van der Waals surface area contributed by atoms with E-state index in [1.165, 1.54) is 12.4 Å². The number of fused-ring (bicyclic) bond motifs is 1. The summed E-state index contributed by atoms with van der Waals surface area (Å²) in [5.74, 6) is 0.635. The van der Waals surface area contributed by atoms with Crippen LogP contribution in [0.1, 0.15) is 5.69 Å². The number of anilines is 2. The van der Waals surface area contributed by atoms with Crippen LogP contribution < -0.4 is 10.6 Å². The third-order valence-electron chi connectivity index (χ3n) is 2.94. The third kappa shape index (κ3) is 3.41. The molecule has 3 rings (SSSR count). The first-order valence-electron chi connectivity index (χ1n) is 6.51. The van der Waals surface area contributed by atoms with Crippen LogP contribution in [0.15, 0.2) is 47.3 Å². The van der Waals surface area contributed by atoms with Crippen molar-refractivity contribution in [2.45, 2.75) is 0 Å². The molecule has 0 radical (unpaired) electrons. The molecule has 112 valence electrons. The summed E-state index contributed by atoms with van der Waals surface area (Å²) in [7, 11) is 0. The standard InChI is InChI=1S/C15H9BrN6O/c16-14-11-4-2-1-3-9(11)5-12(20-14)21-15(23)22-13-8-18-10(6-17)7-19-13/h1-5,7-8H,(H2,19,20,21,22,23). The molecule has 2 heterocycles. The molecule has 7 nitrogen and oxygen atoms in total. The normalized spacial score (nSPS) is 10.1. The Morgan fingerprint density at radius 1 is 1.13 bits per heavy atom. The van der Waals surface area contributed by atoms with Gasteiger partial charge in [0.1, 0.15) is 16.5 Å². The highest BCUT2D eigenvalue weighted by Crippen LogP contribution is 2.24. The summed E-state index contributed by atoms with van der Waals surface area (Å²) in [4.78, 5) is 24.0. The Labute approximate surface area is 139 Å². The summed E-state index contributed by atoms with van der Waals surface area (Å²) in [5, 5.41) is 15.7. The van der Waals surface area contributed by atoms with Gasteiger partial charge in [-0.05, 0) is 27.4 Å². The number of nitriles is 1. The van der Waals surface area contributed by atoms with E-state index in [0.29, 0.717) is 10.4 Å². The van der Waals surface area contributed by atoms with Crippen LogP contribution in [0.4, 0.5) is 16.4 Å². The predicted molar refractivity (Wildman–Crippen MR) is 88.8 cm³/mol. The van der Waals surface area contributed by atoms with E-state index in [2.05, 4.69) is 41.5 Å². The van der Waals surface area contributed by atoms with Crippen molar-refractivity contribution in [2.75, 3.05) is 10.6 Å². The quantitative estimate of drug-likeness (QED) is 0.675. The van der Waals surface area contributed by atoms with E-state index in [-0.39, 0.29) is 11.5 Å². The maximum atomic E-state index is 12.0. The number of pyridine rings is 1. The van der Waals surface area contributed by atoms with Crippen molar-refractivity contribution in [3.05, 3.63) is 53.0 Å². The number of carbonyl (C=O) groups excluding carboxylic acids is 1. The highest BCUT2D eigenvalue weighted by molar-refractivity contribution is 9.10. The summed E-state index contributed by atoms with van der Waals surface area (Å²) in [6, 6.07) is 10.8. The average molecular weight is 369 g/mol. The predicted octanol–water partition coefficient (Wildman–Crippen LogP) is 3.30. The minimum atomic E-state index is -0.501. The van der Waals surface area contributed by atoms with Crippen molar-refractivity contribution in [1.29, 1.82) is 5.26 Å². The Kier molecular flexibility index (Phi) is 4.12. The molecule has 1 aromatic carbocycles. The summed E-state index contributed by atoms with van der Waals surface area (Å²) >= 11 is 3.38. The molecular weight excluding hydrogens is 360 g/mol. The number of urea groups is 1. The molecule has 8 heteroatoms. The zero-order chi connectivity index (χ0) is 16.2. The molecule has 0 saturated carbocycles. The lowest BCUT2D eigenvalue weighted by atomic mass is 10.2. The molecule has 23 heavy (non-hydrogen) atoms. The van der Waals surface area contributed by atoms with Crippen molar-refractivity contribution < 1.29 is 4.79 Å². The Morgan fingerprint density at radius 2 is 1.91 bits per heavy atom. The van der Waals surface area contributed by atoms with E-state index >= 15 is 0 Å². The third-order valence-corrected chi connectivity index (χ3v) is 3.55. The van der Waals surface area contributed by atoms with Crippen LogP contribution in [0.3, 0.4) is 0 Å². The van der Waals surface area contributed by atoms with Crippen LogP contribution in [-0.2, 0) is 0 Å². The molecule has 0 spiro atoms. The number of amides is 2. The maximum absolute atomic E-state index is 12.0. The van der Waals surface area contributed by atoms with Gasteiger partial charge in [-0.25, -0.2) is 19.7 Å². The second-order valence-electron chi connectivity index (χ2n) is 4.50. The van der Waals surface area contributed by atoms with E-state index in [1.807, 2.05) is 30.3 Å². The molecule has 0 fully saturated rings. The molecule has 3 aromatic rings. The molecule has 0 aliphatic rings. The van der Waals surface area contributed by atoms with Crippen molar-refractivity contribution in [2.24, 2.45) is 0 Å². The van der Waals surface area contributed by atoms with Gasteiger partial charge in [-0.1, -0.05) is 24.3 Å². The van der Waals surface area contributed by atoms with Crippen LogP contribution in [0, 0.1) is 11.3 Å². The van der Waals surface area contributed by atoms with Crippen LogP contribution >= 0.6 is 15.9 Å². The van der Waals surface area contributed by atoms with E-state index in [9.17, 15) is 4.79 Å². The molecule has 0 saturated heterocycles. The zero-order valence-electron chi connectivity index (χ0n) is 11.6. The first-order valence-corrected chi connectivity index (χ1v) is 7.30.